The summed E-state index contributed by atoms with van der Waals surface area (Å²) in [5.41, 5.74) is 6.34. The number of rotatable bonds is 9. The molecule has 2 fully saturated rings. The molecule has 0 spiro atoms. The fourth-order valence-electron chi connectivity index (χ4n) is 5.46. The number of benzene rings is 1. The molecule has 2 aliphatic heterocycles. The molecule has 2 bridgehead atoms. The van der Waals surface area contributed by atoms with Crippen molar-refractivity contribution < 1.29 is 18.8 Å². The van der Waals surface area contributed by atoms with Gasteiger partial charge >= 0.3 is 0 Å². The standard InChI is InChI=1S/C27H34FN5O3/c1-4-17(5-2)31-24-13-21(23(28)12-22(24)26(29)35)27(36)32-18-10-19-7-8-20(11-18)33(19)25-9-6-16(14-30-25)15(3)34/h6,9,12-14,17-20,31H,4-5,7-8,10-11H2,1-3H3,(H2,29,35)(H,32,36)/t18?,19-,20+. The third kappa shape index (κ3) is 5.20. The minimum absolute atomic E-state index is 0.0206. The first-order valence-electron chi connectivity index (χ1n) is 12.7. The number of amides is 2. The number of nitrogens with zero attached hydrogens (tertiary/aromatic N) is 2. The van der Waals surface area contributed by atoms with Crippen molar-refractivity contribution in [1.29, 1.82) is 0 Å². The summed E-state index contributed by atoms with van der Waals surface area (Å²) in [4.78, 5) is 43.4. The zero-order valence-electron chi connectivity index (χ0n) is 21.0. The molecule has 0 saturated carbocycles. The van der Waals surface area contributed by atoms with Crippen LogP contribution in [0.3, 0.4) is 0 Å². The quantitative estimate of drug-likeness (QED) is 0.452. The van der Waals surface area contributed by atoms with Crippen molar-refractivity contribution >= 4 is 29.1 Å². The van der Waals surface area contributed by atoms with Gasteiger partial charge in [-0.3, -0.25) is 14.4 Å². The molecule has 0 aliphatic carbocycles. The van der Waals surface area contributed by atoms with Crippen LogP contribution in [-0.4, -0.2) is 46.7 Å². The summed E-state index contributed by atoms with van der Waals surface area (Å²) < 4.78 is 14.9. The number of aromatic nitrogens is 1. The van der Waals surface area contributed by atoms with Gasteiger partial charge in [0.1, 0.15) is 11.6 Å². The molecule has 2 saturated heterocycles. The number of piperidine rings is 1. The van der Waals surface area contributed by atoms with Crippen LogP contribution in [0.15, 0.2) is 30.5 Å². The van der Waals surface area contributed by atoms with Gasteiger partial charge in [0.05, 0.1) is 11.1 Å². The average Bonchev–Trinajstić information content (AvgIpc) is 3.12. The third-order valence-electron chi connectivity index (χ3n) is 7.45. The maximum absolute atomic E-state index is 14.9. The summed E-state index contributed by atoms with van der Waals surface area (Å²) in [6, 6.07) is 6.50. The van der Waals surface area contributed by atoms with E-state index in [1.807, 2.05) is 19.9 Å². The molecule has 3 heterocycles. The summed E-state index contributed by atoms with van der Waals surface area (Å²) in [7, 11) is 0. The Morgan fingerprint density at radius 3 is 2.31 bits per heavy atom. The number of ketones is 1. The fourth-order valence-corrected chi connectivity index (χ4v) is 5.46. The number of halogens is 1. The number of Topliss-reactive ketones (excluding diaryl/α,β-unsaturated/α-hetero) is 1. The zero-order valence-corrected chi connectivity index (χ0v) is 21.0. The van der Waals surface area contributed by atoms with Gasteiger partial charge in [-0.15, -0.1) is 0 Å². The SMILES string of the molecule is CCC(CC)Nc1cc(C(=O)NC2C[C@H]3CC[C@@H](C2)N3c2ccc(C(C)=O)cn2)c(F)cc1C(N)=O. The Labute approximate surface area is 210 Å². The molecule has 192 valence electrons. The molecule has 2 aromatic rings. The first kappa shape index (κ1) is 25.6. The smallest absolute Gasteiger partial charge is 0.254 e. The number of carbonyl (C=O) groups is 3. The van der Waals surface area contributed by atoms with Gasteiger partial charge in [0.15, 0.2) is 5.78 Å². The molecule has 9 heteroatoms. The number of anilines is 2. The van der Waals surface area contributed by atoms with Gasteiger partial charge in [-0.25, -0.2) is 9.37 Å². The van der Waals surface area contributed by atoms with Crippen molar-refractivity contribution in [1.82, 2.24) is 10.3 Å². The van der Waals surface area contributed by atoms with Crippen LogP contribution in [0.5, 0.6) is 0 Å². The number of nitrogens with two attached hydrogens (primary N) is 1. The van der Waals surface area contributed by atoms with E-state index in [-0.39, 0.29) is 41.1 Å². The summed E-state index contributed by atoms with van der Waals surface area (Å²) in [5.74, 6) is -1.21. The highest BCUT2D eigenvalue weighted by Crippen LogP contribution is 2.38. The molecule has 8 nitrogen and oxygen atoms in total. The molecule has 4 N–H and O–H groups in total. The lowest BCUT2D eigenvalue weighted by molar-refractivity contribution is 0.0920. The van der Waals surface area contributed by atoms with Gasteiger partial charge in [0, 0.05) is 41.6 Å². The lowest BCUT2D eigenvalue weighted by Gasteiger charge is -2.40. The predicted octanol–water partition coefficient (Wildman–Crippen LogP) is 4.05. The van der Waals surface area contributed by atoms with Crippen molar-refractivity contribution in [3.8, 4) is 0 Å². The Hall–Kier alpha value is -3.49. The van der Waals surface area contributed by atoms with Gasteiger partial charge in [-0.05, 0) is 69.7 Å². The van der Waals surface area contributed by atoms with E-state index >= 15 is 0 Å². The van der Waals surface area contributed by atoms with Gasteiger partial charge in [0.2, 0.25) is 0 Å². The van der Waals surface area contributed by atoms with Crippen LogP contribution in [0.2, 0.25) is 0 Å². The van der Waals surface area contributed by atoms with Crippen molar-refractivity contribution in [3.63, 3.8) is 0 Å². The molecular weight excluding hydrogens is 461 g/mol. The molecule has 3 atom stereocenters. The molecule has 0 radical (unpaired) electrons. The van der Waals surface area contributed by atoms with Crippen molar-refractivity contribution in [2.75, 3.05) is 10.2 Å². The Bertz CT molecular complexity index is 1130. The lowest BCUT2D eigenvalue weighted by Crippen LogP contribution is -2.51. The minimum Gasteiger partial charge on any atom is -0.382 e. The second-order valence-electron chi connectivity index (χ2n) is 9.79. The summed E-state index contributed by atoms with van der Waals surface area (Å²) >= 11 is 0. The van der Waals surface area contributed by atoms with Crippen LogP contribution in [0.4, 0.5) is 15.9 Å². The zero-order chi connectivity index (χ0) is 26.0. The molecular formula is C27H34FN5O3. The molecule has 1 aromatic heterocycles. The van der Waals surface area contributed by atoms with Crippen LogP contribution in [0.1, 0.15) is 90.4 Å². The summed E-state index contributed by atoms with van der Waals surface area (Å²) in [6.45, 7) is 5.54. The highest BCUT2D eigenvalue weighted by atomic mass is 19.1. The summed E-state index contributed by atoms with van der Waals surface area (Å²) in [6.07, 6.45) is 6.63. The predicted molar refractivity (Wildman–Crippen MR) is 137 cm³/mol. The lowest BCUT2D eigenvalue weighted by atomic mass is 9.96. The molecule has 2 aliphatic rings. The number of hydrogen-bond donors (Lipinski definition) is 3. The van der Waals surface area contributed by atoms with E-state index in [0.717, 1.165) is 50.4 Å². The number of pyridine rings is 1. The highest BCUT2D eigenvalue weighted by Gasteiger charge is 2.42. The van der Waals surface area contributed by atoms with Gasteiger partial charge in [0.25, 0.3) is 11.8 Å². The number of fused-ring (bicyclic) bond motifs is 2. The van der Waals surface area contributed by atoms with Crippen molar-refractivity contribution in [2.45, 2.75) is 83.5 Å². The Morgan fingerprint density at radius 2 is 1.78 bits per heavy atom. The Balaban J connectivity index is 1.48. The Morgan fingerprint density at radius 1 is 1.11 bits per heavy atom. The molecule has 2 amide bonds. The minimum atomic E-state index is -0.772. The number of nitrogens with one attached hydrogen (secondary N) is 2. The van der Waals surface area contributed by atoms with Crippen molar-refractivity contribution in [2.24, 2.45) is 5.73 Å². The average molecular weight is 496 g/mol. The van der Waals surface area contributed by atoms with E-state index < -0.39 is 17.6 Å². The van der Waals surface area contributed by atoms with Gasteiger partial charge in [-0.2, -0.15) is 0 Å². The highest BCUT2D eigenvalue weighted by molar-refractivity contribution is 6.02. The van der Waals surface area contributed by atoms with E-state index in [9.17, 15) is 18.8 Å². The van der Waals surface area contributed by atoms with E-state index in [0.29, 0.717) is 11.3 Å². The Kier molecular flexibility index (Phi) is 7.56. The second-order valence-corrected chi connectivity index (χ2v) is 9.79. The maximum Gasteiger partial charge on any atom is 0.254 e. The van der Waals surface area contributed by atoms with E-state index in [1.54, 1.807) is 12.3 Å². The maximum atomic E-state index is 14.9. The van der Waals surface area contributed by atoms with Crippen LogP contribution in [0, 0.1) is 5.82 Å². The van der Waals surface area contributed by atoms with Crippen LogP contribution >= 0.6 is 0 Å². The largest absolute Gasteiger partial charge is 0.382 e. The number of hydrogen-bond acceptors (Lipinski definition) is 6. The van der Waals surface area contributed by atoms with E-state index in [1.165, 1.54) is 13.0 Å². The van der Waals surface area contributed by atoms with Crippen LogP contribution < -0.4 is 21.3 Å². The molecule has 1 unspecified atom stereocenters. The van der Waals surface area contributed by atoms with Gasteiger partial charge in [-0.1, -0.05) is 13.8 Å². The summed E-state index contributed by atoms with van der Waals surface area (Å²) in [5, 5.41) is 6.25. The monoisotopic (exact) mass is 495 g/mol. The third-order valence-corrected chi connectivity index (χ3v) is 7.45. The van der Waals surface area contributed by atoms with E-state index in [4.69, 9.17) is 5.73 Å². The molecule has 36 heavy (non-hydrogen) atoms. The first-order chi connectivity index (χ1) is 17.2. The van der Waals surface area contributed by atoms with Gasteiger partial charge < -0.3 is 21.3 Å². The molecule has 1 aromatic carbocycles. The first-order valence-corrected chi connectivity index (χ1v) is 12.7. The van der Waals surface area contributed by atoms with Crippen LogP contribution in [-0.2, 0) is 0 Å². The fraction of sp³-hybridized carbons (Fsp3) is 0.481. The molecule has 4 rings (SSSR count). The number of carbonyl (C=O) groups excluding carboxylic acids is 3. The topological polar surface area (TPSA) is 117 Å². The number of primary amides is 1. The second kappa shape index (κ2) is 10.6. The van der Waals surface area contributed by atoms with Crippen LogP contribution in [0.25, 0.3) is 0 Å². The normalized spacial score (nSPS) is 20.9. The van der Waals surface area contributed by atoms with Crippen molar-refractivity contribution in [3.05, 3.63) is 53.0 Å². The van der Waals surface area contributed by atoms with E-state index in [2.05, 4.69) is 20.5 Å².